The van der Waals surface area contributed by atoms with Crippen molar-refractivity contribution in [3.05, 3.63) is 30.2 Å². The molecule has 3 rings (SSSR count). The fourth-order valence-electron chi connectivity index (χ4n) is 2.65. The number of benzene rings is 1. The van der Waals surface area contributed by atoms with Gasteiger partial charge < -0.3 is 14.2 Å². The Balaban J connectivity index is 1.78. The summed E-state index contributed by atoms with van der Waals surface area (Å²) in [6, 6.07) is 7.03. The van der Waals surface area contributed by atoms with Crippen LogP contribution in [0.25, 0.3) is 11.4 Å². The van der Waals surface area contributed by atoms with Crippen LogP contribution in [0, 0.1) is 0 Å². The monoisotopic (exact) mass is 341 g/mol. The fraction of sp³-hybridized carbons (Fsp3) is 0.400. The number of likely N-dealkylation sites (tertiary alicyclic amines) is 1. The lowest BCUT2D eigenvalue weighted by Gasteiger charge is -2.17. The number of rotatable bonds is 4. The van der Waals surface area contributed by atoms with Gasteiger partial charge in [-0.25, -0.2) is 0 Å². The lowest BCUT2D eigenvalue weighted by Crippen LogP contribution is -2.35. The number of carbonyl (C=O) groups is 1. The third-order valence-electron chi connectivity index (χ3n) is 3.72. The Labute approximate surface area is 135 Å². The van der Waals surface area contributed by atoms with Gasteiger partial charge in [0.1, 0.15) is 12.3 Å². The molecule has 1 fully saturated rings. The summed E-state index contributed by atoms with van der Waals surface area (Å²) < 4.78 is 47.7. The molecule has 6 nitrogen and oxygen atoms in total. The predicted molar refractivity (Wildman–Crippen MR) is 76.3 cm³/mol. The molecular formula is C15H14F3N3O3. The summed E-state index contributed by atoms with van der Waals surface area (Å²) >= 11 is 0. The minimum Gasteiger partial charge on any atom is -0.496 e. The summed E-state index contributed by atoms with van der Waals surface area (Å²) in [6.07, 6.45) is -4.51. The van der Waals surface area contributed by atoms with E-state index >= 15 is 0 Å². The summed E-state index contributed by atoms with van der Waals surface area (Å²) in [6.45, 7) is -1.36. The number of carbonyl (C=O) groups excluding carboxylic acids is 1. The van der Waals surface area contributed by atoms with Gasteiger partial charge in [-0.05, 0) is 12.1 Å². The second-order valence-corrected chi connectivity index (χ2v) is 5.45. The van der Waals surface area contributed by atoms with E-state index in [0.717, 1.165) is 4.90 Å². The first-order valence-corrected chi connectivity index (χ1v) is 7.19. The fourth-order valence-corrected chi connectivity index (χ4v) is 2.65. The van der Waals surface area contributed by atoms with Crippen molar-refractivity contribution in [2.24, 2.45) is 0 Å². The number of aromatic nitrogens is 2. The Hall–Kier alpha value is -2.58. The minimum absolute atomic E-state index is 0.0797. The highest BCUT2D eigenvalue weighted by molar-refractivity contribution is 5.79. The standard InChI is InChI=1S/C15H14F3N3O3/c1-23-11-5-3-2-4-10(11)13-19-14(24-20-13)9-6-12(22)21(7-9)8-15(16,17)18/h2-5,9H,6-8H2,1H3. The average Bonchev–Trinajstić information content (AvgIpc) is 3.13. The van der Waals surface area contributed by atoms with E-state index in [2.05, 4.69) is 10.1 Å². The van der Waals surface area contributed by atoms with E-state index in [1.807, 2.05) is 0 Å². The van der Waals surface area contributed by atoms with Crippen molar-refractivity contribution in [3.63, 3.8) is 0 Å². The quantitative estimate of drug-likeness (QED) is 0.855. The largest absolute Gasteiger partial charge is 0.496 e. The van der Waals surface area contributed by atoms with Crippen molar-refractivity contribution in [3.8, 4) is 17.1 Å². The van der Waals surface area contributed by atoms with Crippen molar-refractivity contribution in [2.75, 3.05) is 20.2 Å². The van der Waals surface area contributed by atoms with Crippen LogP contribution >= 0.6 is 0 Å². The molecule has 1 unspecified atom stereocenters. The van der Waals surface area contributed by atoms with E-state index in [9.17, 15) is 18.0 Å². The van der Waals surface area contributed by atoms with Gasteiger partial charge in [-0.2, -0.15) is 18.2 Å². The van der Waals surface area contributed by atoms with E-state index in [1.54, 1.807) is 24.3 Å². The molecule has 24 heavy (non-hydrogen) atoms. The van der Waals surface area contributed by atoms with Gasteiger partial charge in [0.05, 0.1) is 18.6 Å². The molecular weight excluding hydrogens is 327 g/mol. The number of alkyl halides is 3. The third kappa shape index (κ3) is 3.34. The van der Waals surface area contributed by atoms with Gasteiger partial charge in [0.2, 0.25) is 17.6 Å². The summed E-state index contributed by atoms with van der Waals surface area (Å²) in [5.41, 5.74) is 0.603. The molecule has 2 aromatic rings. The number of para-hydroxylation sites is 1. The highest BCUT2D eigenvalue weighted by Gasteiger charge is 2.40. The van der Waals surface area contributed by atoms with Crippen LogP contribution in [0.5, 0.6) is 5.75 Å². The molecule has 0 N–H and O–H groups in total. The van der Waals surface area contributed by atoms with Gasteiger partial charge in [-0.15, -0.1) is 0 Å². The number of hydrogen-bond donors (Lipinski definition) is 0. The molecule has 1 atom stereocenters. The zero-order chi connectivity index (χ0) is 17.3. The van der Waals surface area contributed by atoms with Gasteiger partial charge in [0.15, 0.2) is 0 Å². The van der Waals surface area contributed by atoms with Gasteiger partial charge in [0.25, 0.3) is 0 Å². The van der Waals surface area contributed by atoms with Crippen molar-refractivity contribution < 1.29 is 27.2 Å². The lowest BCUT2D eigenvalue weighted by atomic mass is 10.1. The van der Waals surface area contributed by atoms with Gasteiger partial charge in [-0.1, -0.05) is 17.3 Å². The Morgan fingerprint density at radius 2 is 2.12 bits per heavy atom. The molecule has 1 aromatic heterocycles. The highest BCUT2D eigenvalue weighted by Crippen LogP contribution is 2.32. The Kier molecular flexibility index (Phi) is 4.16. The zero-order valence-electron chi connectivity index (χ0n) is 12.7. The first kappa shape index (κ1) is 16.3. The molecule has 0 saturated carbocycles. The molecule has 0 radical (unpaired) electrons. The Morgan fingerprint density at radius 1 is 1.38 bits per heavy atom. The first-order valence-electron chi connectivity index (χ1n) is 7.19. The third-order valence-corrected chi connectivity index (χ3v) is 3.72. The van der Waals surface area contributed by atoms with Crippen molar-refractivity contribution in [1.82, 2.24) is 15.0 Å². The van der Waals surface area contributed by atoms with E-state index in [0.29, 0.717) is 11.3 Å². The molecule has 0 bridgehead atoms. The zero-order valence-corrected chi connectivity index (χ0v) is 12.7. The van der Waals surface area contributed by atoms with Gasteiger partial charge in [0, 0.05) is 13.0 Å². The number of nitrogens with zero attached hydrogens (tertiary/aromatic N) is 3. The summed E-state index contributed by atoms with van der Waals surface area (Å²) in [5.74, 6) is -0.158. The van der Waals surface area contributed by atoms with Crippen LogP contribution in [0.1, 0.15) is 18.2 Å². The SMILES string of the molecule is COc1ccccc1-c1noc(C2CC(=O)N(CC(F)(F)F)C2)n1. The number of ether oxygens (including phenoxy) is 1. The predicted octanol–water partition coefficient (Wildman–Crippen LogP) is 2.62. The summed E-state index contributed by atoms with van der Waals surface area (Å²) in [7, 11) is 1.50. The minimum atomic E-state index is -4.43. The molecule has 9 heteroatoms. The molecule has 1 saturated heterocycles. The normalized spacial score (nSPS) is 18.2. The highest BCUT2D eigenvalue weighted by atomic mass is 19.4. The maximum Gasteiger partial charge on any atom is 0.406 e. The second kappa shape index (κ2) is 6.14. The molecule has 2 heterocycles. The topological polar surface area (TPSA) is 68.5 Å². The van der Waals surface area contributed by atoms with Crippen LogP contribution in [0.3, 0.4) is 0 Å². The molecule has 1 amide bonds. The van der Waals surface area contributed by atoms with E-state index in [1.165, 1.54) is 7.11 Å². The number of amides is 1. The lowest BCUT2D eigenvalue weighted by molar-refractivity contribution is -0.157. The number of methoxy groups -OCH3 is 1. The van der Waals surface area contributed by atoms with E-state index < -0.39 is 24.5 Å². The van der Waals surface area contributed by atoms with Crippen molar-refractivity contribution in [1.29, 1.82) is 0 Å². The van der Waals surface area contributed by atoms with Crippen LogP contribution in [0.2, 0.25) is 0 Å². The Bertz CT molecular complexity index is 745. The molecule has 1 aromatic carbocycles. The molecule has 1 aliphatic heterocycles. The molecule has 1 aliphatic rings. The summed E-state index contributed by atoms with van der Waals surface area (Å²) in [5, 5.41) is 3.85. The first-order chi connectivity index (χ1) is 11.4. The maximum atomic E-state index is 12.5. The summed E-state index contributed by atoms with van der Waals surface area (Å²) in [4.78, 5) is 16.7. The van der Waals surface area contributed by atoms with Crippen LogP contribution in [0.15, 0.2) is 28.8 Å². The molecule has 0 spiro atoms. The van der Waals surface area contributed by atoms with Gasteiger partial charge in [-0.3, -0.25) is 4.79 Å². The number of hydrogen-bond acceptors (Lipinski definition) is 5. The molecule has 128 valence electrons. The van der Waals surface area contributed by atoms with Gasteiger partial charge >= 0.3 is 6.18 Å². The number of halogens is 3. The molecule has 0 aliphatic carbocycles. The van der Waals surface area contributed by atoms with Crippen LogP contribution in [-0.2, 0) is 4.79 Å². The van der Waals surface area contributed by atoms with Crippen molar-refractivity contribution >= 4 is 5.91 Å². The second-order valence-electron chi connectivity index (χ2n) is 5.45. The van der Waals surface area contributed by atoms with Crippen LogP contribution in [-0.4, -0.2) is 47.3 Å². The van der Waals surface area contributed by atoms with Crippen LogP contribution < -0.4 is 4.74 Å². The van der Waals surface area contributed by atoms with E-state index in [4.69, 9.17) is 9.26 Å². The smallest absolute Gasteiger partial charge is 0.406 e. The van der Waals surface area contributed by atoms with Crippen molar-refractivity contribution in [2.45, 2.75) is 18.5 Å². The van der Waals surface area contributed by atoms with Crippen LogP contribution in [0.4, 0.5) is 13.2 Å². The maximum absolute atomic E-state index is 12.5. The average molecular weight is 341 g/mol. The Morgan fingerprint density at radius 3 is 2.83 bits per heavy atom. The van der Waals surface area contributed by atoms with E-state index in [-0.39, 0.29) is 24.7 Å².